The van der Waals surface area contributed by atoms with Gasteiger partial charge in [-0.1, -0.05) is 17.1 Å². The topological polar surface area (TPSA) is 134 Å². The lowest BCUT2D eigenvalue weighted by Crippen LogP contribution is -2.48. The number of aryl methyl sites for hydroxylation is 1. The molecule has 0 amide bonds. The molecule has 0 atom stereocenters. The van der Waals surface area contributed by atoms with E-state index in [1.807, 2.05) is 25.1 Å². The Morgan fingerprint density at radius 2 is 1.89 bits per heavy atom. The van der Waals surface area contributed by atoms with Crippen molar-refractivity contribution in [1.29, 1.82) is 0 Å². The number of halogens is 3. The molecule has 1 aliphatic carbocycles. The molecule has 0 aliphatic heterocycles. The number of aromatic nitrogens is 2. The summed E-state index contributed by atoms with van der Waals surface area (Å²) in [5.74, 6) is 6.46. The SMILES string of the molecule is COc1cc(S(=O)(=O)Nc2cc(C)on2)ccc1NCC#Cc1cc2c(N[C@H]3CC[C@@](O)(N(C)C)CC3)cccc2n1CC(F)(F)F. The Balaban J connectivity index is 1.34. The fraction of sp³-hybridized carbons (Fsp3) is 0.406. The van der Waals surface area contributed by atoms with Gasteiger partial charge >= 0.3 is 6.18 Å². The minimum Gasteiger partial charge on any atom is -0.495 e. The van der Waals surface area contributed by atoms with E-state index in [-0.39, 0.29) is 34.7 Å². The number of ether oxygens (including phenoxy) is 1. The van der Waals surface area contributed by atoms with Gasteiger partial charge in [-0.2, -0.15) is 13.2 Å². The third-order valence-corrected chi connectivity index (χ3v) is 9.55. The Labute approximate surface area is 271 Å². The summed E-state index contributed by atoms with van der Waals surface area (Å²) in [6.07, 6.45) is -1.90. The molecule has 0 spiro atoms. The van der Waals surface area contributed by atoms with E-state index in [4.69, 9.17) is 9.26 Å². The summed E-state index contributed by atoms with van der Waals surface area (Å²) < 4.78 is 80.4. The van der Waals surface area contributed by atoms with Crippen molar-refractivity contribution >= 4 is 38.1 Å². The molecular formula is C32H37F3N6O5S. The summed E-state index contributed by atoms with van der Waals surface area (Å²) in [6.45, 7) is 0.462. The molecule has 1 aliphatic rings. The minimum atomic E-state index is -4.47. The molecule has 252 valence electrons. The zero-order chi connectivity index (χ0) is 34.0. The van der Waals surface area contributed by atoms with Crippen molar-refractivity contribution < 1.29 is 36.0 Å². The lowest BCUT2D eigenvalue weighted by Gasteiger charge is -2.41. The van der Waals surface area contributed by atoms with Crippen LogP contribution in [0.1, 0.15) is 37.1 Å². The number of alkyl halides is 3. The summed E-state index contributed by atoms with van der Waals surface area (Å²) in [5, 5.41) is 21.6. The predicted molar refractivity (Wildman–Crippen MR) is 173 cm³/mol. The maximum absolute atomic E-state index is 13.7. The highest BCUT2D eigenvalue weighted by Crippen LogP contribution is 2.35. The van der Waals surface area contributed by atoms with Gasteiger partial charge in [-0.15, -0.1) is 0 Å². The number of nitrogens with one attached hydrogen (secondary N) is 3. The van der Waals surface area contributed by atoms with Crippen LogP contribution >= 0.6 is 0 Å². The molecule has 2 aromatic carbocycles. The smallest absolute Gasteiger partial charge is 0.406 e. The molecule has 4 aromatic rings. The van der Waals surface area contributed by atoms with Gasteiger partial charge in [0.15, 0.2) is 5.82 Å². The van der Waals surface area contributed by atoms with E-state index < -0.39 is 28.5 Å². The highest BCUT2D eigenvalue weighted by Gasteiger charge is 2.35. The number of nitrogens with zero attached hydrogens (tertiary/aromatic N) is 3. The van der Waals surface area contributed by atoms with E-state index in [1.54, 1.807) is 25.1 Å². The van der Waals surface area contributed by atoms with Crippen LogP contribution in [0, 0.1) is 18.8 Å². The molecule has 11 nitrogen and oxygen atoms in total. The van der Waals surface area contributed by atoms with Gasteiger partial charge in [0, 0.05) is 29.2 Å². The summed E-state index contributed by atoms with van der Waals surface area (Å²) in [7, 11) is 1.08. The van der Waals surface area contributed by atoms with Gasteiger partial charge < -0.3 is 29.6 Å². The maximum atomic E-state index is 13.7. The van der Waals surface area contributed by atoms with Crippen molar-refractivity contribution in [3.05, 3.63) is 60.0 Å². The van der Waals surface area contributed by atoms with Crippen LogP contribution in [0.2, 0.25) is 0 Å². The number of aliphatic hydroxyl groups is 1. The number of hydrogen-bond donors (Lipinski definition) is 4. The van der Waals surface area contributed by atoms with Crippen molar-refractivity contribution in [3.8, 4) is 17.6 Å². The second kappa shape index (κ2) is 13.4. The van der Waals surface area contributed by atoms with E-state index >= 15 is 0 Å². The van der Waals surface area contributed by atoms with Gasteiger partial charge in [-0.25, -0.2) is 8.42 Å². The average molecular weight is 675 g/mol. The summed E-state index contributed by atoms with van der Waals surface area (Å²) in [6, 6.07) is 12.6. The molecule has 0 bridgehead atoms. The van der Waals surface area contributed by atoms with Crippen LogP contribution in [0.15, 0.2) is 57.9 Å². The zero-order valence-corrected chi connectivity index (χ0v) is 27.2. The summed E-state index contributed by atoms with van der Waals surface area (Å²) in [4.78, 5) is 1.74. The lowest BCUT2D eigenvalue weighted by atomic mass is 9.87. The quantitative estimate of drug-likeness (QED) is 0.129. The first-order valence-corrected chi connectivity index (χ1v) is 16.4. The Morgan fingerprint density at radius 1 is 1.15 bits per heavy atom. The van der Waals surface area contributed by atoms with Crippen LogP contribution in [0.5, 0.6) is 5.75 Å². The Hall–Kier alpha value is -4.39. The fourth-order valence-corrected chi connectivity index (χ4v) is 6.62. The second-order valence-corrected chi connectivity index (χ2v) is 13.4. The Kier molecular flexibility index (Phi) is 9.67. The third kappa shape index (κ3) is 7.95. The summed E-state index contributed by atoms with van der Waals surface area (Å²) >= 11 is 0. The highest BCUT2D eigenvalue weighted by molar-refractivity contribution is 7.92. The van der Waals surface area contributed by atoms with Crippen molar-refractivity contribution in [2.75, 3.05) is 43.1 Å². The molecule has 5 rings (SSSR count). The van der Waals surface area contributed by atoms with Gasteiger partial charge in [-0.05, 0) is 83.0 Å². The van der Waals surface area contributed by atoms with Gasteiger partial charge in [0.1, 0.15) is 23.8 Å². The molecule has 0 radical (unpaired) electrons. The van der Waals surface area contributed by atoms with Crippen LogP contribution in [-0.2, 0) is 16.6 Å². The molecule has 0 saturated heterocycles. The van der Waals surface area contributed by atoms with Crippen molar-refractivity contribution in [2.45, 2.75) is 62.0 Å². The minimum absolute atomic E-state index is 0.0361. The van der Waals surface area contributed by atoms with E-state index in [2.05, 4.69) is 32.4 Å². The van der Waals surface area contributed by atoms with Gasteiger partial charge in [-0.3, -0.25) is 9.62 Å². The molecule has 1 saturated carbocycles. The number of sulfonamides is 1. The number of anilines is 3. The standard InChI is InChI=1S/C32H37F3N6O5S/c1-21-17-30(38-46-21)39-47(43,44)24-10-11-27(29(19-24)45-4)36-16-6-7-23-18-25-26(8-5-9-28(25)41(23)20-32(33,34)35)37-22-12-14-31(42,15-13-22)40(2)3/h5,8-11,17-19,22,36-37,42H,12-16,20H2,1-4H3,(H,38,39)/t22-,31-. The van der Waals surface area contributed by atoms with Crippen LogP contribution in [0.3, 0.4) is 0 Å². The second-order valence-electron chi connectivity index (χ2n) is 11.7. The largest absolute Gasteiger partial charge is 0.495 e. The normalized spacial score (nSPS) is 18.5. The van der Waals surface area contributed by atoms with E-state index in [0.717, 1.165) is 4.57 Å². The zero-order valence-electron chi connectivity index (χ0n) is 26.4. The number of methoxy groups -OCH3 is 1. The average Bonchev–Trinajstić information content (AvgIpc) is 3.57. The number of hydrogen-bond acceptors (Lipinski definition) is 9. The van der Waals surface area contributed by atoms with E-state index in [9.17, 15) is 26.7 Å². The van der Waals surface area contributed by atoms with Crippen LogP contribution in [-0.4, -0.2) is 73.8 Å². The van der Waals surface area contributed by atoms with Crippen LogP contribution in [0.25, 0.3) is 10.9 Å². The van der Waals surface area contributed by atoms with Gasteiger partial charge in [0.05, 0.1) is 35.4 Å². The van der Waals surface area contributed by atoms with Gasteiger partial charge in [0.2, 0.25) is 0 Å². The first-order chi connectivity index (χ1) is 22.2. The lowest BCUT2D eigenvalue weighted by molar-refractivity contribution is -0.140. The molecule has 15 heteroatoms. The molecule has 4 N–H and O–H groups in total. The molecule has 2 heterocycles. The first-order valence-electron chi connectivity index (χ1n) is 14.9. The summed E-state index contributed by atoms with van der Waals surface area (Å²) in [5.41, 5.74) is 0.877. The monoisotopic (exact) mass is 674 g/mol. The molecular weight excluding hydrogens is 637 g/mol. The van der Waals surface area contributed by atoms with E-state index in [0.29, 0.717) is 53.7 Å². The van der Waals surface area contributed by atoms with E-state index in [1.165, 1.54) is 31.4 Å². The third-order valence-electron chi connectivity index (χ3n) is 8.20. The number of fused-ring (bicyclic) bond motifs is 1. The maximum Gasteiger partial charge on any atom is 0.406 e. The molecule has 0 unspecified atom stereocenters. The first kappa shape index (κ1) is 34.0. The Bertz CT molecular complexity index is 1900. The van der Waals surface area contributed by atoms with Gasteiger partial charge in [0.25, 0.3) is 10.0 Å². The molecule has 2 aromatic heterocycles. The molecule has 47 heavy (non-hydrogen) atoms. The number of rotatable bonds is 10. The van der Waals surface area contributed by atoms with Crippen LogP contribution in [0.4, 0.5) is 30.4 Å². The van der Waals surface area contributed by atoms with Crippen LogP contribution < -0.4 is 20.1 Å². The van der Waals surface area contributed by atoms with Crippen molar-refractivity contribution in [1.82, 2.24) is 14.6 Å². The number of benzene rings is 2. The van der Waals surface area contributed by atoms with Crippen molar-refractivity contribution in [3.63, 3.8) is 0 Å². The Morgan fingerprint density at radius 3 is 2.53 bits per heavy atom. The van der Waals surface area contributed by atoms with Crippen molar-refractivity contribution in [2.24, 2.45) is 0 Å². The highest BCUT2D eigenvalue weighted by atomic mass is 32.2. The molecule has 1 fully saturated rings. The fourth-order valence-electron chi connectivity index (χ4n) is 5.63. The predicted octanol–water partition coefficient (Wildman–Crippen LogP) is 5.38.